The van der Waals surface area contributed by atoms with Crippen LogP contribution < -0.4 is 14.8 Å². The molecule has 3 aromatic carbocycles. The van der Waals surface area contributed by atoms with E-state index in [9.17, 15) is 34.6 Å². The molecule has 0 radical (unpaired) electrons. The van der Waals surface area contributed by atoms with Crippen molar-refractivity contribution in [3.63, 3.8) is 0 Å². The third-order valence-electron chi connectivity index (χ3n) is 5.38. The van der Waals surface area contributed by atoms with Crippen molar-refractivity contribution < 1.29 is 33.7 Å². The third kappa shape index (κ3) is 6.19. The Hall–Kier alpha value is -4.95. The summed E-state index contributed by atoms with van der Waals surface area (Å²) in [5.74, 6) is -1.59. The van der Waals surface area contributed by atoms with Crippen molar-refractivity contribution >= 4 is 63.6 Å². The van der Waals surface area contributed by atoms with Crippen LogP contribution in [0.15, 0.2) is 65.6 Å². The van der Waals surface area contributed by atoms with E-state index in [0.717, 1.165) is 23.1 Å². The maximum absolute atomic E-state index is 13.0. The Morgan fingerprint density at radius 3 is 2.42 bits per heavy atom. The molecule has 0 spiro atoms. The molecule has 15 heteroatoms. The fourth-order valence-electron chi connectivity index (χ4n) is 3.53. The van der Waals surface area contributed by atoms with Gasteiger partial charge in [0.05, 0.1) is 27.9 Å². The number of imide groups is 1. The zero-order valence-corrected chi connectivity index (χ0v) is 21.9. The van der Waals surface area contributed by atoms with Gasteiger partial charge < -0.3 is 14.8 Å². The Morgan fingerprint density at radius 1 is 1.05 bits per heavy atom. The molecular weight excluding hydrogens is 568 g/mol. The largest absolute Gasteiger partial charge is 0.493 e. The fraction of sp³-hybridized carbons (Fsp3) is 0.0800. The quantitative estimate of drug-likeness (QED) is 0.189. The maximum atomic E-state index is 13.0. The lowest BCUT2D eigenvalue weighted by molar-refractivity contribution is -0.394. The van der Waals surface area contributed by atoms with Gasteiger partial charge in [0, 0.05) is 22.3 Å². The number of para-hydroxylation sites is 1. The summed E-state index contributed by atoms with van der Waals surface area (Å²) in [4.78, 5) is 59.8. The maximum Gasteiger partial charge on any atom is 0.318 e. The van der Waals surface area contributed by atoms with Crippen molar-refractivity contribution in [3.8, 4) is 17.2 Å². The molecule has 4 rings (SSSR count). The highest BCUT2D eigenvalue weighted by Gasteiger charge is 2.36. The van der Waals surface area contributed by atoms with Crippen molar-refractivity contribution in [3.05, 3.63) is 96.4 Å². The topological polar surface area (TPSA) is 171 Å². The molecule has 1 aliphatic rings. The average molecular weight is 585 g/mol. The molecule has 0 bridgehead atoms. The lowest BCUT2D eigenvalue weighted by atomic mass is 10.1. The predicted octanol–water partition coefficient (Wildman–Crippen LogP) is 5.63. The number of carbonyl (C=O) groups is 3. The summed E-state index contributed by atoms with van der Waals surface area (Å²) < 4.78 is 11.1. The minimum atomic E-state index is -0.835. The monoisotopic (exact) mass is 584 g/mol. The first-order valence-electron chi connectivity index (χ1n) is 11.2. The molecule has 1 heterocycles. The molecule has 40 heavy (non-hydrogen) atoms. The van der Waals surface area contributed by atoms with Crippen LogP contribution in [0.25, 0.3) is 6.08 Å². The zero-order chi connectivity index (χ0) is 29.0. The Balaban J connectivity index is 1.61. The number of halogens is 1. The van der Waals surface area contributed by atoms with Crippen LogP contribution in [0.4, 0.5) is 21.9 Å². The molecule has 0 aliphatic carbocycles. The minimum Gasteiger partial charge on any atom is -0.493 e. The summed E-state index contributed by atoms with van der Waals surface area (Å²) in [6, 6.07) is 13.7. The van der Waals surface area contributed by atoms with Crippen LogP contribution in [-0.2, 0) is 9.59 Å². The van der Waals surface area contributed by atoms with Gasteiger partial charge in [0.25, 0.3) is 16.8 Å². The molecule has 0 unspecified atom stereocenters. The van der Waals surface area contributed by atoms with Gasteiger partial charge in [-0.1, -0.05) is 23.7 Å². The molecule has 0 atom stereocenters. The summed E-state index contributed by atoms with van der Waals surface area (Å²) in [7, 11) is 1.32. The number of anilines is 1. The number of nitrogens with one attached hydrogen (secondary N) is 1. The van der Waals surface area contributed by atoms with Crippen LogP contribution in [-0.4, -0.2) is 45.5 Å². The number of methoxy groups -OCH3 is 1. The summed E-state index contributed by atoms with van der Waals surface area (Å²) in [6.07, 6.45) is 1.32. The number of benzene rings is 3. The van der Waals surface area contributed by atoms with Crippen molar-refractivity contribution in [1.82, 2.24) is 4.90 Å². The second-order valence-electron chi connectivity index (χ2n) is 7.97. The fourth-order valence-corrected chi connectivity index (χ4v) is 4.48. The van der Waals surface area contributed by atoms with E-state index in [1.165, 1.54) is 25.3 Å². The molecule has 204 valence electrons. The first kappa shape index (κ1) is 28.1. The number of non-ortho nitro benzene ring substituents is 1. The van der Waals surface area contributed by atoms with E-state index in [1.54, 1.807) is 30.3 Å². The minimum absolute atomic E-state index is 0.0411. The van der Waals surface area contributed by atoms with E-state index in [2.05, 4.69) is 5.32 Å². The van der Waals surface area contributed by atoms with Gasteiger partial charge >= 0.3 is 5.69 Å². The van der Waals surface area contributed by atoms with Crippen LogP contribution in [0.1, 0.15) is 5.56 Å². The van der Waals surface area contributed by atoms with Crippen LogP contribution in [0.2, 0.25) is 5.02 Å². The summed E-state index contributed by atoms with van der Waals surface area (Å²) in [5.41, 5.74) is -0.537. The van der Waals surface area contributed by atoms with Crippen LogP contribution in [0.5, 0.6) is 17.2 Å². The van der Waals surface area contributed by atoms with Gasteiger partial charge in [-0.25, -0.2) is 0 Å². The standard InChI is InChI=1S/C25H17ClN4O9S/c1-38-20-4-2-3-14(23(20)39-19-10-9-17(29(34)35)12-18(19)30(36)37)11-21-24(32)28(25(33)40-21)13-22(31)27-16-7-5-15(26)6-8-16/h2-12H,13H2,1H3,(H,27,31)/b21-11+. The summed E-state index contributed by atoms with van der Waals surface area (Å²) >= 11 is 6.42. The predicted molar refractivity (Wildman–Crippen MR) is 146 cm³/mol. The van der Waals surface area contributed by atoms with E-state index < -0.39 is 44.8 Å². The van der Waals surface area contributed by atoms with Crippen molar-refractivity contribution in [2.75, 3.05) is 19.0 Å². The van der Waals surface area contributed by atoms with Gasteiger partial charge in [0.1, 0.15) is 6.54 Å². The van der Waals surface area contributed by atoms with E-state index in [1.807, 2.05) is 0 Å². The molecule has 0 saturated carbocycles. The molecule has 0 aromatic heterocycles. The number of nitro groups is 2. The number of hydrogen-bond donors (Lipinski definition) is 1. The Labute approximate surface area is 234 Å². The van der Waals surface area contributed by atoms with Gasteiger partial charge in [0.15, 0.2) is 11.5 Å². The lowest BCUT2D eigenvalue weighted by Gasteiger charge is -2.14. The second-order valence-corrected chi connectivity index (χ2v) is 9.40. The Morgan fingerprint density at radius 2 is 1.77 bits per heavy atom. The highest BCUT2D eigenvalue weighted by molar-refractivity contribution is 8.18. The molecule has 1 N–H and O–H groups in total. The Bertz CT molecular complexity index is 1580. The normalized spacial score (nSPS) is 13.8. The molecule has 13 nitrogen and oxygen atoms in total. The highest BCUT2D eigenvalue weighted by Crippen LogP contribution is 2.42. The molecule has 1 fully saturated rings. The van der Waals surface area contributed by atoms with Crippen molar-refractivity contribution in [2.24, 2.45) is 0 Å². The van der Waals surface area contributed by atoms with Gasteiger partial charge in [-0.2, -0.15) is 0 Å². The molecule has 3 amide bonds. The van der Waals surface area contributed by atoms with Crippen molar-refractivity contribution in [1.29, 1.82) is 0 Å². The van der Waals surface area contributed by atoms with E-state index in [0.29, 0.717) is 22.5 Å². The van der Waals surface area contributed by atoms with Gasteiger partial charge in [-0.15, -0.1) is 0 Å². The second kappa shape index (κ2) is 11.8. The smallest absolute Gasteiger partial charge is 0.318 e. The average Bonchev–Trinajstić information content (AvgIpc) is 3.18. The third-order valence-corrected chi connectivity index (χ3v) is 6.54. The van der Waals surface area contributed by atoms with Crippen LogP contribution in [0.3, 0.4) is 0 Å². The number of thioether (sulfide) groups is 1. The number of ether oxygens (including phenoxy) is 2. The van der Waals surface area contributed by atoms with E-state index in [-0.39, 0.29) is 27.7 Å². The first-order chi connectivity index (χ1) is 19.1. The number of carbonyl (C=O) groups excluding carboxylic acids is 3. The number of nitrogens with zero attached hydrogens (tertiary/aromatic N) is 3. The SMILES string of the molecule is COc1cccc(/C=C2/SC(=O)N(CC(=O)Nc3ccc(Cl)cc3)C2=O)c1Oc1ccc([N+](=O)[O-])cc1[N+](=O)[O-]. The lowest BCUT2D eigenvalue weighted by Crippen LogP contribution is -2.36. The highest BCUT2D eigenvalue weighted by atomic mass is 35.5. The molecular formula is C25H17ClN4O9S. The summed E-state index contributed by atoms with van der Waals surface area (Å²) in [6.45, 7) is -0.541. The van der Waals surface area contributed by atoms with E-state index in [4.69, 9.17) is 21.1 Å². The number of rotatable bonds is 9. The van der Waals surface area contributed by atoms with Crippen LogP contribution in [0, 0.1) is 20.2 Å². The molecule has 3 aromatic rings. The van der Waals surface area contributed by atoms with Gasteiger partial charge in [-0.3, -0.25) is 39.5 Å². The summed E-state index contributed by atoms with van der Waals surface area (Å²) in [5, 5.41) is 25.0. The van der Waals surface area contributed by atoms with Gasteiger partial charge in [0.2, 0.25) is 11.7 Å². The van der Waals surface area contributed by atoms with Crippen LogP contribution >= 0.6 is 23.4 Å². The zero-order valence-electron chi connectivity index (χ0n) is 20.4. The number of amides is 3. The van der Waals surface area contributed by atoms with Gasteiger partial charge in [-0.05, 0) is 54.2 Å². The first-order valence-corrected chi connectivity index (χ1v) is 12.3. The van der Waals surface area contributed by atoms with Crippen molar-refractivity contribution in [2.45, 2.75) is 0 Å². The molecule has 1 saturated heterocycles. The molecule has 1 aliphatic heterocycles. The Kier molecular flexibility index (Phi) is 8.31. The number of nitro benzene ring substituents is 2. The number of hydrogen-bond acceptors (Lipinski definition) is 10. The van der Waals surface area contributed by atoms with E-state index >= 15 is 0 Å².